The van der Waals surface area contributed by atoms with Crippen molar-refractivity contribution >= 4 is 11.6 Å². The fourth-order valence-electron chi connectivity index (χ4n) is 2.58. The second-order valence-electron chi connectivity index (χ2n) is 5.96. The molecule has 0 aliphatic carbocycles. The summed E-state index contributed by atoms with van der Waals surface area (Å²) in [6.45, 7) is 1.61. The van der Waals surface area contributed by atoms with Gasteiger partial charge in [-0.15, -0.1) is 0 Å². The first-order chi connectivity index (χ1) is 11.7. The molecule has 4 nitrogen and oxygen atoms in total. The number of rotatable bonds is 6. The van der Waals surface area contributed by atoms with E-state index >= 15 is 0 Å². The topological polar surface area (TPSA) is 32.3 Å². The first kappa shape index (κ1) is 16.0. The van der Waals surface area contributed by atoms with E-state index in [2.05, 4.69) is 63.4 Å². The number of anilines is 2. The van der Waals surface area contributed by atoms with Gasteiger partial charge in [0.25, 0.3) is 0 Å². The largest absolute Gasteiger partial charge is 0.363 e. The molecular weight excluding hydrogens is 296 g/mol. The van der Waals surface area contributed by atoms with Crippen LogP contribution in [0.4, 0.5) is 11.6 Å². The number of nitrogens with zero attached hydrogens (tertiary/aromatic N) is 4. The molecule has 4 heteroatoms. The second-order valence-corrected chi connectivity index (χ2v) is 5.96. The Morgan fingerprint density at radius 1 is 0.708 bits per heavy atom. The zero-order valence-corrected chi connectivity index (χ0v) is 14.1. The maximum Gasteiger partial charge on any atom is 0.134 e. The van der Waals surface area contributed by atoms with Crippen LogP contribution in [0.5, 0.6) is 0 Å². The summed E-state index contributed by atoms with van der Waals surface area (Å²) in [6.07, 6.45) is 1.63. The molecule has 0 bridgehead atoms. The van der Waals surface area contributed by atoms with Gasteiger partial charge in [-0.1, -0.05) is 60.7 Å². The van der Waals surface area contributed by atoms with Gasteiger partial charge in [-0.2, -0.15) is 0 Å². The van der Waals surface area contributed by atoms with E-state index in [1.54, 1.807) is 6.33 Å². The van der Waals surface area contributed by atoms with E-state index < -0.39 is 0 Å². The van der Waals surface area contributed by atoms with Crippen LogP contribution in [0.15, 0.2) is 73.1 Å². The summed E-state index contributed by atoms with van der Waals surface area (Å²) in [7, 11) is 3.98. The van der Waals surface area contributed by atoms with Crippen LogP contribution in [0.2, 0.25) is 0 Å². The molecule has 0 atom stereocenters. The fourth-order valence-corrected chi connectivity index (χ4v) is 2.58. The second kappa shape index (κ2) is 7.59. The van der Waals surface area contributed by atoms with Gasteiger partial charge < -0.3 is 9.80 Å². The van der Waals surface area contributed by atoms with Crippen LogP contribution in [0.1, 0.15) is 11.1 Å². The number of benzene rings is 2. The lowest BCUT2D eigenvalue weighted by Gasteiger charge is -2.25. The maximum absolute atomic E-state index is 4.50. The van der Waals surface area contributed by atoms with E-state index in [0.29, 0.717) is 0 Å². The number of hydrogen-bond acceptors (Lipinski definition) is 4. The molecule has 1 aromatic heterocycles. The third-order valence-corrected chi connectivity index (χ3v) is 3.85. The smallest absolute Gasteiger partial charge is 0.134 e. The van der Waals surface area contributed by atoms with Crippen LogP contribution in [0.25, 0.3) is 0 Å². The van der Waals surface area contributed by atoms with Crippen LogP contribution in [0.3, 0.4) is 0 Å². The van der Waals surface area contributed by atoms with Gasteiger partial charge in [0.1, 0.15) is 18.0 Å². The zero-order chi connectivity index (χ0) is 16.8. The third kappa shape index (κ3) is 4.10. The van der Waals surface area contributed by atoms with Gasteiger partial charge in [0.05, 0.1) is 0 Å². The van der Waals surface area contributed by atoms with E-state index in [1.165, 1.54) is 11.1 Å². The summed E-state index contributed by atoms with van der Waals surface area (Å²) in [5.41, 5.74) is 2.52. The minimum absolute atomic E-state index is 0.805. The summed E-state index contributed by atoms with van der Waals surface area (Å²) in [6, 6.07) is 23.0. The lowest BCUT2D eigenvalue weighted by molar-refractivity contribution is 0.779. The normalized spacial score (nSPS) is 10.4. The van der Waals surface area contributed by atoms with Crippen molar-refractivity contribution < 1.29 is 0 Å². The van der Waals surface area contributed by atoms with Gasteiger partial charge in [-0.25, -0.2) is 9.97 Å². The average molecular weight is 318 g/mol. The van der Waals surface area contributed by atoms with Crippen molar-refractivity contribution in [2.75, 3.05) is 23.9 Å². The Morgan fingerprint density at radius 2 is 1.21 bits per heavy atom. The van der Waals surface area contributed by atoms with E-state index in [-0.39, 0.29) is 0 Å². The quantitative estimate of drug-likeness (QED) is 0.693. The molecule has 0 aliphatic heterocycles. The van der Waals surface area contributed by atoms with E-state index in [9.17, 15) is 0 Å². The first-order valence-electron chi connectivity index (χ1n) is 8.04. The maximum atomic E-state index is 4.50. The summed E-state index contributed by atoms with van der Waals surface area (Å²) in [5, 5.41) is 0. The van der Waals surface area contributed by atoms with Crippen LogP contribution < -0.4 is 9.80 Å². The van der Waals surface area contributed by atoms with Crippen molar-refractivity contribution in [1.29, 1.82) is 0 Å². The summed E-state index contributed by atoms with van der Waals surface area (Å²) in [4.78, 5) is 13.1. The molecule has 122 valence electrons. The van der Waals surface area contributed by atoms with Gasteiger partial charge in [-0.05, 0) is 11.1 Å². The summed E-state index contributed by atoms with van der Waals surface area (Å²) >= 11 is 0. The van der Waals surface area contributed by atoms with Gasteiger partial charge >= 0.3 is 0 Å². The van der Waals surface area contributed by atoms with Crippen LogP contribution in [-0.4, -0.2) is 24.1 Å². The minimum atomic E-state index is 0.805. The van der Waals surface area contributed by atoms with Crippen molar-refractivity contribution in [3.63, 3.8) is 0 Å². The van der Waals surface area contributed by atoms with Crippen molar-refractivity contribution in [2.45, 2.75) is 13.1 Å². The van der Waals surface area contributed by atoms with Gasteiger partial charge in [0.2, 0.25) is 0 Å². The lowest BCUT2D eigenvalue weighted by Crippen LogP contribution is -2.24. The molecular formula is C20H22N4. The predicted octanol–water partition coefficient (Wildman–Crippen LogP) is 3.75. The van der Waals surface area contributed by atoms with E-state index in [1.807, 2.05) is 37.2 Å². The SMILES string of the molecule is CN(C)c1cc(N(Cc2ccccc2)Cc2ccccc2)ncn1. The lowest BCUT2D eigenvalue weighted by atomic mass is 10.1. The highest BCUT2D eigenvalue weighted by atomic mass is 15.2. The molecule has 0 unspecified atom stereocenters. The highest BCUT2D eigenvalue weighted by molar-refractivity contribution is 5.50. The molecule has 0 saturated carbocycles. The molecule has 0 aliphatic rings. The highest BCUT2D eigenvalue weighted by Gasteiger charge is 2.11. The molecule has 0 fully saturated rings. The third-order valence-electron chi connectivity index (χ3n) is 3.85. The van der Waals surface area contributed by atoms with Crippen molar-refractivity contribution in [1.82, 2.24) is 9.97 Å². The molecule has 3 aromatic rings. The summed E-state index contributed by atoms with van der Waals surface area (Å²) in [5.74, 6) is 1.84. The predicted molar refractivity (Wildman–Crippen MR) is 99.1 cm³/mol. The Morgan fingerprint density at radius 3 is 1.71 bits per heavy atom. The van der Waals surface area contributed by atoms with Crippen LogP contribution >= 0.6 is 0 Å². The number of aromatic nitrogens is 2. The Labute approximate surface area is 143 Å². The summed E-state index contributed by atoms with van der Waals surface area (Å²) < 4.78 is 0. The van der Waals surface area contributed by atoms with E-state index in [4.69, 9.17) is 0 Å². The molecule has 0 radical (unpaired) electrons. The Kier molecular flexibility index (Phi) is 5.06. The molecule has 0 N–H and O–H groups in total. The Balaban J connectivity index is 1.90. The average Bonchev–Trinajstić information content (AvgIpc) is 2.63. The molecule has 3 rings (SSSR count). The van der Waals surface area contributed by atoms with E-state index in [0.717, 1.165) is 24.7 Å². The monoisotopic (exact) mass is 318 g/mol. The zero-order valence-electron chi connectivity index (χ0n) is 14.1. The standard InChI is InChI=1S/C20H22N4/c1-23(2)19-13-20(22-16-21-19)24(14-17-9-5-3-6-10-17)15-18-11-7-4-8-12-18/h3-13,16H,14-15H2,1-2H3. The van der Waals surface area contributed by atoms with Gasteiger partial charge in [0.15, 0.2) is 0 Å². The fraction of sp³-hybridized carbons (Fsp3) is 0.200. The molecule has 2 aromatic carbocycles. The Hall–Kier alpha value is -2.88. The minimum Gasteiger partial charge on any atom is -0.363 e. The van der Waals surface area contributed by atoms with Crippen molar-refractivity contribution in [2.24, 2.45) is 0 Å². The van der Waals surface area contributed by atoms with Crippen LogP contribution in [-0.2, 0) is 13.1 Å². The first-order valence-corrected chi connectivity index (χ1v) is 8.04. The molecule has 0 spiro atoms. The highest BCUT2D eigenvalue weighted by Crippen LogP contribution is 2.20. The molecule has 0 saturated heterocycles. The van der Waals surface area contributed by atoms with Gasteiger partial charge in [-0.3, -0.25) is 0 Å². The molecule has 0 amide bonds. The molecule has 24 heavy (non-hydrogen) atoms. The van der Waals surface area contributed by atoms with Crippen molar-refractivity contribution in [3.05, 3.63) is 84.2 Å². The number of hydrogen-bond donors (Lipinski definition) is 0. The van der Waals surface area contributed by atoms with Crippen LogP contribution in [0, 0.1) is 0 Å². The van der Waals surface area contributed by atoms with Gasteiger partial charge in [0, 0.05) is 33.3 Å². The Bertz CT molecular complexity index is 715. The molecule has 1 heterocycles. The van der Waals surface area contributed by atoms with Crippen molar-refractivity contribution in [3.8, 4) is 0 Å².